The molecule has 27 heavy (non-hydrogen) atoms. The van der Waals surface area contributed by atoms with Gasteiger partial charge in [0.15, 0.2) is 11.4 Å². The molecule has 10 nitrogen and oxygen atoms in total. The van der Waals surface area contributed by atoms with Gasteiger partial charge in [-0.3, -0.25) is 4.68 Å². The Morgan fingerprint density at radius 3 is 2.52 bits per heavy atom. The third-order valence-corrected chi connectivity index (χ3v) is 3.58. The van der Waals surface area contributed by atoms with Crippen LogP contribution in [0.4, 0.5) is 0 Å². The van der Waals surface area contributed by atoms with Crippen LogP contribution in [0.2, 0.25) is 0 Å². The molecule has 0 amide bonds. The molecule has 0 aliphatic rings. The van der Waals surface area contributed by atoms with E-state index in [0.717, 1.165) is 5.56 Å². The summed E-state index contributed by atoms with van der Waals surface area (Å²) in [5, 5.41) is 7.58. The summed E-state index contributed by atoms with van der Waals surface area (Å²) >= 11 is 0. The first-order valence-electron chi connectivity index (χ1n) is 8.07. The summed E-state index contributed by atoms with van der Waals surface area (Å²) in [6, 6.07) is 9.26. The lowest BCUT2D eigenvalue weighted by molar-refractivity contribution is 0.0579. The number of hydrogen-bond donors (Lipinski definition) is 0. The van der Waals surface area contributed by atoms with E-state index in [-0.39, 0.29) is 36.8 Å². The fourth-order valence-electron chi connectivity index (χ4n) is 2.33. The lowest BCUT2D eigenvalue weighted by Crippen LogP contribution is -2.14. The Bertz CT molecular complexity index is 843. The first-order valence-corrected chi connectivity index (χ1v) is 8.07. The number of methoxy groups -OCH3 is 2. The normalized spacial score (nSPS) is 10.0. The van der Waals surface area contributed by atoms with Gasteiger partial charge in [0.05, 0.1) is 14.2 Å². The highest BCUT2D eigenvalue weighted by molar-refractivity contribution is 5.98. The summed E-state index contributed by atoms with van der Waals surface area (Å²) in [5.74, 6) is -1.46. The second kappa shape index (κ2) is 9.83. The molecule has 0 N–H and O–H groups in total. The Hall–Kier alpha value is -3.52. The van der Waals surface area contributed by atoms with E-state index < -0.39 is 11.9 Å². The Morgan fingerprint density at radius 2 is 1.89 bits per heavy atom. The van der Waals surface area contributed by atoms with Crippen LogP contribution < -0.4 is 4.74 Å². The minimum Gasteiger partial charge on any atom is -0.484 e. The van der Waals surface area contributed by atoms with Crippen LogP contribution in [0.1, 0.15) is 33.0 Å². The van der Waals surface area contributed by atoms with E-state index in [1.54, 1.807) is 0 Å². The standard InChI is InChI=1S/C17H19N5O5/c1-25-16(23)13-15(27-11-12-7-4-3-5-8-12)14(17(24)26-2)22(20-13)10-6-9-19-21-18/h3-5,7-8H,6,9-11H2,1-2H3. The van der Waals surface area contributed by atoms with Crippen molar-refractivity contribution in [2.24, 2.45) is 5.11 Å². The molecule has 0 bridgehead atoms. The van der Waals surface area contributed by atoms with E-state index in [2.05, 4.69) is 15.1 Å². The largest absolute Gasteiger partial charge is 0.484 e. The number of aromatic nitrogens is 2. The van der Waals surface area contributed by atoms with Crippen molar-refractivity contribution < 1.29 is 23.8 Å². The zero-order chi connectivity index (χ0) is 19.6. The predicted molar refractivity (Wildman–Crippen MR) is 94.3 cm³/mol. The first-order chi connectivity index (χ1) is 13.1. The third-order valence-electron chi connectivity index (χ3n) is 3.58. The molecule has 0 saturated carbocycles. The molecule has 0 spiro atoms. The van der Waals surface area contributed by atoms with E-state index in [1.807, 2.05) is 30.3 Å². The summed E-state index contributed by atoms with van der Waals surface area (Å²) in [6.45, 7) is 0.562. The van der Waals surface area contributed by atoms with Crippen molar-refractivity contribution in [1.29, 1.82) is 0 Å². The van der Waals surface area contributed by atoms with Gasteiger partial charge in [-0.15, -0.1) is 0 Å². The molecular formula is C17H19N5O5. The zero-order valence-electron chi connectivity index (χ0n) is 15.0. The van der Waals surface area contributed by atoms with Crippen LogP contribution >= 0.6 is 0 Å². The van der Waals surface area contributed by atoms with Gasteiger partial charge in [0.1, 0.15) is 6.61 Å². The van der Waals surface area contributed by atoms with Crippen molar-refractivity contribution in [3.8, 4) is 5.75 Å². The van der Waals surface area contributed by atoms with E-state index in [4.69, 9.17) is 19.7 Å². The summed E-state index contributed by atoms with van der Waals surface area (Å²) in [5.41, 5.74) is 9.07. The molecule has 0 unspecified atom stereocenters. The van der Waals surface area contributed by atoms with Crippen LogP contribution in [0, 0.1) is 0 Å². The van der Waals surface area contributed by atoms with Crippen molar-refractivity contribution in [2.75, 3.05) is 20.8 Å². The minimum atomic E-state index is -0.739. The molecular weight excluding hydrogens is 354 g/mol. The van der Waals surface area contributed by atoms with Gasteiger partial charge in [0, 0.05) is 18.0 Å². The van der Waals surface area contributed by atoms with Gasteiger partial charge in [-0.1, -0.05) is 35.4 Å². The Labute approximate surface area is 155 Å². The van der Waals surface area contributed by atoms with Crippen LogP contribution in [0.5, 0.6) is 5.75 Å². The fraction of sp³-hybridized carbons (Fsp3) is 0.353. The molecule has 0 saturated heterocycles. The highest BCUT2D eigenvalue weighted by atomic mass is 16.5. The molecule has 142 valence electrons. The first kappa shape index (κ1) is 19.8. The number of carbonyl (C=O) groups is 2. The van der Waals surface area contributed by atoms with Crippen LogP contribution in [0.3, 0.4) is 0 Å². The van der Waals surface area contributed by atoms with E-state index >= 15 is 0 Å². The number of benzene rings is 1. The monoisotopic (exact) mass is 373 g/mol. The molecule has 1 aromatic carbocycles. The van der Waals surface area contributed by atoms with Crippen molar-refractivity contribution in [3.63, 3.8) is 0 Å². The van der Waals surface area contributed by atoms with Gasteiger partial charge in [0.25, 0.3) is 0 Å². The third kappa shape index (κ3) is 4.99. The lowest BCUT2D eigenvalue weighted by atomic mass is 10.2. The SMILES string of the molecule is COC(=O)c1nn(CCCN=[N+]=[N-])c(C(=O)OC)c1OCc1ccccc1. The zero-order valence-corrected chi connectivity index (χ0v) is 15.0. The highest BCUT2D eigenvalue weighted by Gasteiger charge is 2.30. The summed E-state index contributed by atoms with van der Waals surface area (Å²) in [4.78, 5) is 27.1. The molecule has 1 aromatic heterocycles. The van der Waals surface area contributed by atoms with Gasteiger partial charge in [-0.05, 0) is 17.5 Å². The average Bonchev–Trinajstić information content (AvgIpc) is 3.07. The van der Waals surface area contributed by atoms with Gasteiger partial charge in [-0.2, -0.15) is 5.10 Å². The molecule has 2 aromatic rings. The van der Waals surface area contributed by atoms with Crippen molar-refractivity contribution in [1.82, 2.24) is 9.78 Å². The fourth-order valence-corrected chi connectivity index (χ4v) is 2.33. The molecule has 0 fully saturated rings. The lowest BCUT2D eigenvalue weighted by Gasteiger charge is -2.09. The van der Waals surface area contributed by atoms with E-state index in [9.17, 15) is 9.59 Å². The Balaban J connectivity index is 2.38. The number of azide groups is 1. The van der Waals surface area contributed by atoms with Crippen molar-refractivity contribution >= 4 is 11.9 Å². The van der Waals surface area contributed by atoms with Crippen LogP contribution in [-0.2, 0) is 22.6 Å². The number of hydrogen-bond acceptors (Lipinski definition) is 7. The summed E-state index contributed by atoms with van der Waals surface area (Å²) in [6.07, 6.45) is 0.411. The number of rotatable bonds is 9. The predicted octanol–water partition coefficient (Wildman–Crippen LogP) is 2.74. The van der Waals surface area contributed by atoms with Crippen LogP contribution in [-0.4, -0.2) is 42.5 Å². The summed E-state index contributed by atoms with van der Waals surface area (Å²) < 4.78 is 16.6. The molecule has 0 radical (unpaired) electrons. The van der Waals surface area contributed by atoms with Crippen LogP contribution in [0.15, 0.2) is 35.4 Å². The molecule has 0 atom stereocenters. The topological polar surface area (TPSA) is 128 Å². The highest BCUT2D eigenvalue weighted by Crippen LogP contribution is 2.27. The molecule has 1 heterocycles. The van der Waals surface area contributed by atoms with Gasteiger partial charge >= 0.3 is 11.9 Å². The maximum Gasteiger partial charge on any atom is 0.362 e. The molecule has 0 aliphatic carbocycles. The van der Waals surface area contributed by atoms with Crippen LogP contribution in [0.25, 0.3) is 10.4 Å². The summed E-state index contributed by atoms with van der Waals surface area (Å²) in [7, 11) is 2.43. The van der Waals surface area contributed by atoms with Crippen molar-refractivity contribution in [3.05, 3.63) is 57.7 Å². The Kier molecular flexibility index (Phi) is 7.21. The smallest absolute Gasteiger partial charge is 0.362 e. The molecule has 10 heteroatoms. The Morgan fingerprint density at radius 1 is 1.19 bits per heavy atom. The van der Waals surface area contributed by atoms with Gasteiger partial charge in [0.2, 0.25) is 5.69 Å². The quantitative estimate of drug-likeness (QED) is 0.218. The van der Waals surface area contributed by atoms with Crippen molar-refractivity contribution in [2.45, 2.75) is 19.6 Å². The molecule has 2 rings (SSSR count). The van der Waals surface area contributed by atoms with E-state index in [0.29, 0.717) is 6.42 Å². The molecule has 0 aliphatic heterocycles. The maximum absolute atomic E-state index is 12.3. The average molecular weight is 373 g/mol. The number of ether oxygens (including phenoxy) is 3. The number of esters is 2. The van der Waals surface area contributed by atoms with Gasteiger partial charge in [-0.25, -0.2) is 9.59 Å². The second-order valence-corrected chi connectivity index (χ2v) is 5.31. The second-order valence-electron chi connectivity index (χ2n) is 5.31. The van der Waals surface area contributed by atoms with Gasteiger partial charge < -0.3 is 14.2 Å². The number of nitrogens with zero attached hydrogens (tertiary/aromatic N) is 5. The van der Waals surface area contributed by atoms with E-state index in [1.165, 1.54) is 18.9 Å². The number of aryl methyl sites for hydroxylation is 1. The minimum absolute atomic E-state index is 0.00484. The maximum atomic E-state index is 12.3. The number of carbonyl (C=O) groups excluding carboxylic acids is 2.